The minimum Gasteiger partial charge on any atom is -0.741 e. The fraction of sp³-hybridized carbons (Fsp3) is 0.100. The van der Waals surface area contributed by atoms with E-state index in [0.29, 0.717) is 0 Å². The van der Waals surface area contributed by atoms with Crippen LogP contribution in [0.1, 0.15) is 0 Å². The number of hydrogen-bond donors (Lipinski definition) is 6. The second-order valence-corrected chi connectivity index (χ2v) is 10.3. The molecule has 0 aliphatic heterocycles. The van der Waals surface area contributed by atoms with E-state index in [-0.39, 0.29) is 44.8 Å². The molecule has 28 heteroatoms. The van der Waals surface area contributed by atoms with Gasteiger partial charge in [0, 0.05) is 37.2 Å². The van der Waals surface area contributed by atoms with E-state index in [1.807, 2.05) is 0 Å². The van der Waals surface area contributed by atoms with E-state index in [2.05, 4.69) is 59.8 Å². The zero-order valence-corrected chi connectivity index (χ0v) is 27.3. The molecule has 0 radical (unpaired) electrons. The number of nitrogens with zero attached hydrogens (tertiary/aromatic N) is 6. The maximum absolute atomic E-state index is 10.7. The van der Waals surface area contributed by atoms with Crippen LogP contribution < -0.4 is 0 Å². The Kier molecular flexibility index (Phi) is 18.2. The predicted molar refractivity (Wildman–Crippen MR) is 140 cm³/mol. The van der Waals surface area contributed by atoms with Crippen molar-refractivity contribution < 1.29 is 97.0 Å². The van der Waals surface area contributed by atoms with Crippen LogP contribution in [0.5, 0.6) is 0 Å². The molecule has 0 aromatic carbocycles. The van der Waals surface area contributed by atoms with Crippen molar-refractivity contribution in [3.05, 3.63) is 75.1 Å². The number of hydrogen-bond acceptors (Lipinski definition) is 12. The zero-order valence-electron chi connectivity index (χ0n) is 22.7. The molecule has 0 aliphatic carbocycles. The van der Waals surface area contributed by atoms with Crippen molar-refractivity contribution in [3.63, 3.8) is 0 Å². The molecule has 0 saturated carbocycles. The largest absolute Gasteiger partial charge is 1.00 e. The van der Waals surface area contributed by atoms with Crippen molar-refractivity contribution in [1.29, 1.82) is 0 Å². The van der Waals surface area contributed by atoms with Gasteiger partial charge >= 0.3 is 55.8 Å². The summed E-state index contributed by atoms with van der Waals surface area (Å²) in [6, 6.07) is 0. The van der Waals surface area contributed by atoms with Gasteiger partial charge in [-0.05, 0) is 0 Å². The Hall–Kier alpha value is -3.86. The van der Waals surface area contributed by atoms with Gasteiger partial charge in [0.25, 0.3) is 0 Å². The summed E-state index contributed by atoms with van der Waals surface area (Å²) >= 11 is 0. The molecule has 270 valence electrons. The number of aromatic nitrogens is 12. The Labute approximate surface area is 296 Å². The van der Waals surface area contributed by atoms with E-state index in [4.69, 9.17) is 25.9 Å². The van der Waals surface area contributed by atoms with E-state index in [9.17, 15) is 26.3 Å². The number of alkyl halides is 6. The van der Waals surface area contributed by atoms with Crippen LogP contribution in [-0.2, 0) is 65.0 Å². The summed E-state index contributed by atoms with van der Waals surface area (Å²) in [5.41, 5.74) is -6.12. The number of aromatic amines is 6. The molecule has 0 saturated heterocycles. The molecule has 6 heterocycles. The van der Waals surface area contributed by atoms with Crippen LogP contribution in [-0.4, -0.2) is 96.8 Å². The number of rotatable bonds is 3. The van der Waals surface area contributed by atoms with Gasteiger partial charge in [0.05, 0.1) is 38.0 Å². The first-order valence-corrected chi connectivity index (χ1v) is 14.2. The van der Waals surface area contributed by atoms with Crippen molar-refractivity contribution in [3.8, 4) is 34.2 Å². The molecule has 0 fully saturated rings. The third kappa shape index (κ3) is 15.4. The summed E-state index contributed by atoms with van der Waals surface area (Å²) in [5, 5.41) is 0. The second-order valence-electron chi connectivity index (χ2n) is 7.53. The van der Waals surface area contributed by atoms with Gasteiger partial charge in [-0.3, -0.25) is 0 Å². The number of halogens is 6. The summed E-state index contributed by atoms with van der Waals surface area (Å²) in [4.78, 5) is 41.2. The predicted octanol–water partition coefficient (Wildman–Crippen LogP) is 2.50. The standard InChI is InChI=1S/3C6H6N4.2CHF3O3S.2Ag/c3*1-5(9-3-7-1)6-2-8-4-10-6;2*2-1(3,4)8(5,6)7;;/h3*1-4H,(H,7,9)(H,8,10);2*(H,5,6,7);;/q;;;;;2*+1/p-2. The van der Waals surface area contributed by atoms with Gasteiger partial charge in [-0.15, -0.1) is 0 Å². The zero-order chi connectivity index (χ0) is 34.4. The van der Waals surface area contributed by atoms with Crippen LogP contribution in [0.3, 0.4) is 0 Å². The fourth-order valence-corrected chi connectivity index (χ4v) is 2.40. The van der Waals surface area contributed by atoms with E-state index < -0.39 is 31.3 Å². The van der Waals surface area contributed by atoms with Gasteiger partial charge in [0.1, 0.15) is 34.2 Å². The smallest absolute Gasteiger partial charge is 0.741 e. The summed E-state index contributed by atoms with van der Waals surface area (Å²) in [6.07, 6.45) is 20.6. The number of imidazole rings is 6. The van der Waals surface area contributed by atoms with Crippen LogP contribution in [0.4, 0.5) is 26.3 Å². The van der Waals surface area contributed by atoms with Crippen LogP contribution in [0.25, 0.3) is 34.2 Å². The molecule has 0 atom stereocenters. The number of H-pyrrole nitrogens is 6. The van der Waals surface area contributed by atoms with Gasteiger partial charge in [0.2, 0.25) is 0 Å². The minimum atomic E-state index is -6.09. The first-order chi connectivity index (χ1) is 21.4. The molecule has 6 rings (SSSR count). The Bertz CT molecular complexity index is 1560. The van der Waals surface area contributed by atoms with Gasteiger partial charge in [-0.1, -0.05) is 0 Å². The Morgan fingerprint density at radius 2 is 0.542 bits per heavy atom. The molecular weight excluding hydrogens is 898 g/mol. The molecule has 48 heavy (non-hydrogen) atoms. The van der Waals surface area contributed by atoms with Crippen molar-refractivity contribution >= 4 is 20.2 Å². The fourth-order valence-electron chi connectivity index (χ4n) is 2.40. The van der Waals surface area contributed by atoms with Crippen molar-refractivity contribution in [2.45, 2.75) is 11.0 Å². The van der Waals surface area contributed by atoms with Gasteiger partial charge in [-0.2, -0.15) is 26.3 Å². The minimum absolute atomic E-state index is 0. The topological polar surface area (TPSA) is 286 Å². The maximum atomic E-state index is 10.7. The average Bonchev–Trinajstić information content (AvgIpc) is 3.82. The van der Waals surface area contributed by atoms with Gasteiger partial charge in [0.15, 0.2) is 20.2 Å². The van der Waals surface area contributed by atoms with Crippen molar-refractivity contribution in [1.82, 2.24) is 59.8 Å². The van der Waals surface area contributed by atoms with Crippen molar-refractivity contribution in [2.24, 2.45) is 0 Å². The summed E-state index contributed by atoms with van der Waals surface area (Å²) < 4.78 is 118. The maximum Gasteiger partial charge on any atom is 1.00 e. The molecule has 0 aliphatic rings. The molecule has 6 aromatic rings. The summed E-state index contributed by atoms with van der Waals surface area (Å²) in [6.45, 7) is 0. The van der Waals surface area contributed by atoms with Crippen molar-refractivity contribution in [2.75, 3.05) is 0 Å². The van der Waals surface area contributed by atoms with Crippen LogP contribution in [0.2, 0.25) is 0 Å². The molecular formula is C20H18Ag2F6N12O6S2. The summed E-state index contributed by atoms with van der Waals surface area (Å²) in [5.74, 6) is 0. The average molecular weight is 916 g/mol. The first kappa shape index (κ1) is 44.1. The molecule has 0 bridgehead atoms. The molecule has 0 unspecified atom stereocenters. The third-order valence-electron chi connectivity index (χ3n) is 4.34. The normalized spacial score (nSPS) is 10.9. The van der Waals surface area contributed by atoms with Crippen LogP contribution >= 0.6 is 0 Å². The van der Waals surface area contributed by atoms with Gasteiger partial charge in [-0.25, -0.2) is 46.7 Å². The molecule has 6 N–H and O–H groups in total. The Balaban J connectivity index is 0.000000573. The second kappa shape index (κ2) is 19.8. The van der Waals surface area contributed by atoms with E-state index in [1.165, 1.54) is 0 Å². The Morgan fingerprint density at radius 3 is 0.604 bits per heavy atom. The Morgan fingerprint density at radius 1 is 0.417 bits per heavy atom. The number of nitrogens with one attached hydrogen (secondary N) is 6. The van der Waals surface area contributed by atoms with E-state index in [1.54, 1.807) is 75.1 Å². The van der Waals surface area contributed by atoms with Crippen LogP contribution in [0.15, 0.2) is 75.1 Å². The van der Waals surface area contributed by atoms with Gasteiger partial charge < -0.3 is 39.0 Å². The third-order valence-corrected chi connectivity index (χ3v) is 5.48. The molecule has 6 aromatic heterocycles. The summed E-state index contributed by atoms with van der Waals surface area (Å²) in [7, 11) is -12.2. The monoisotopic (exact) mass is 914 g/mol. The molecule has 18 nitrogen and oxygen atoms in total. The van der Waals surface area contributed by atoms with Crippen LogP contribution in [0, 0.1) is 0 Å². The SMILES string of the molecule is O=S(=O)([O-])C(F)(F)F.O=S(=O)([O-])C(F)(F)F.[Ag+].[Ag+].c1nc(-c2c[nH]cn2)c[nH]1.c1nc(-c2c[nH]cn2)c[nH]1.c1nc(-c2c[nH]cn2)c[nH]1. The molecule has 0 spiro atoms. The quantitative estimate of drug-likeness (QED) is 0.0647. The van der Waals surface area contributed by atoms with E-state index >= 15 is 0 Å². The molecule has 0 amide bonds. The first-order valence-electron chi connectivity index (χ1n) is 11.4. The van der Waals surface area contributed by atoms with E-state index in [0.717, 1.165) is 34.2 Å².